The number of nitrogen functional groups attached to an aromatic ring is 1. The van der Waals surface area contributed by atoms with Crippen molar-refractivity contribution in [3.8, 4) is 11.1 Å². The van der Waals surface area contributed by atoms with Crippen molar-refractivity contribution in [2.45, 2.75) is 31.8 Å². The van der Waals surface area contributed by atoms with E-state index in [-0.39, 0.29) is 17.4 Å². The molecule has 150 valence electrons. The first-order valence-electron chi connectivity index (χ1n) is 9.54. The number of benzene rings is 1. The smallest absolute Gasteiger partial charge is 0.258 e. The van der Waals surface area contributed by atoms with E-state index < -0.39 is 11.7 Å². The van der Waals surface area contributed by atoms with E-state index in [9.17, 15) is 14.3 Å². The Morgan fingerprint density at radius 3 is 2.57 bits per heavy atom. The molecular formula is C21H27FN4O2. The van der Waals surface area contributed by atoms with Crippen LogP contribution in [0.3, 0.4) is 0 Å². The van der Waals surface area contributed by atoms with Gasteiger partial charge in [0.1, 0.15) is 11.6 Å². The third kappa shape index (κ3) is 4.42. The Morgan fingerprint density at radius 1 is 1.25 bits per heavy atom. The molecule has 0 radical (unpaired) electrons. The second-order valence-corrected chi connectivity index (χ2v) is 7.58. The molecule has 3 rings (SSSR count). The van der Waals surface area contributed by atoms with Gasteiger partial charge in [0.25, 0.3) is 5.91 Å². The van der Waals surface area contributed by atoms with Gasteiger partial charge < -0.3 is 21.1 Å². The van der Waals surface area contributed by atoms with Crippen LogP contribution >= 0.6 is 0 Å². The highest BCUT2D eigenvalue weighted by Gasteiger charge is 2.21. The summed E-state index contributed by atoms with van der Waals surface area (Å²) in [6.45, 7) is 0.802. The van der Waals surface area contributed by atoms with E-state index in [2.05, 4.69) is 10.3 Å². The number of halogens is 1. The molecule has 1 saturated carbocycles. The lowest BCUT2D eigenvalue weighted by atomic mass is 9.87. The fourth-order valence-corrected chi connectivity index (χ4v) is 3.51. The third-order valence-electron chi connectivity index (χ3n) is 5.26. The second kappa shape index (κ2) is 8.56. The number of hydrogen-bond acceptors (Lipinski definition) is 5. The topological polar surface area (TPSA) is 91.5 Å². The summed E-state index contributed by atoms with van der Waals surface area (Å²) in [4.78, 5) is 17.9. The third-order valence-corrected chi connectivity index (χ3v) is 5.26. The number of pyridine rings is 1. The normalized spacial score (nSPS) is 19.3. The first-order chi connectivity index (χ1) is 13.4. The molecule has 1 fully saturated rings. The number of nitrogens with zero attached hydrogens (tertiary/aromatic N) is 2. The SMILES string of the molecule is CN(C)C(=O)c1c(N)ccc(-c2ccc(NCC3CCC(O)CC3)nc2)c1F. The molecular weight excluding hydrogens is 359 g/mol. The van der Waals surface area contributed by atoms with Crippen LogP contribution < -0.4 is 11.1 Å². The minimum Gasteiger partial charge on any atom is -0.398 e. The summed E-state index contributed by atoms with van der Waals surface area (Å²) in [5.41, 5.74) is 6.69. The number of aliphatic hydroxyl groups excluding tert-OH is 1. The van der Waals surface area contributed by atoms with Gasteiger partial charge in [-0.3, -0.25) is 4.79 Å². The van der Waals surface area contributed by atoms with Crippen LogP contribution in [0.2, 0.25) is 0 Å². The van der Waals surface area contributed by atoms with E-state index in [0.717, 1.165) is 38.0 Å². The first kappa shape index (κ1) is 20.1. The molecule has 1 aliphatic rings. The van der Waals surface area contributed by atoms with E-state index in [1.165, 1.54) is 4.90 Å². The van der Waals surface area contributed by atoms with Crippen molar-refractivity contribution in [2.75, 3.05) is 31.7 Å². The van der Waals surface area contributed by atoms with Gasteiger partial charge >= 0.3 is 0 Å². The van der Waals surface area contributed by atoms with Crippen molar-refractivity contribution in [1.82, 2.24) is 9.88 Å². The standard InChI is InChI=1S/C21H27FN4O2/c1-26(2)21(28)19-17(23)9-8-16(20(19)22)14-5-10-18(25-12-14)24-11-13-3-6-15(27)7-4-13/h5,8-10,12-13,15,27H,3-4,6-7,11,23H2,1-2H3,(H,24,25). The highest BCUT2D eigenvalue weighted by molar-refractivity contribution is 6.00. The summed E-state index contributed by atoms with van der Waals surface area (Å²) in [5.74, 6) is 0.136. The summed E-state index contributed by atoms with van der Waals surface area (Å²) in [7, 11) is 3.12. The molecule has 1 heterocycles. The minimum atomic E-state index is -0.637. The molecule has 1 aliphatic carbocycles. The molecule has 6 nitrogen and oxygen atoms in total. The van der Waals surface area contributed by atoms with E-state index in [1.54, 1.807) is 44.6 Å². The molecule has 7 heteroatoms. The Hall–Kier alpha value is -2.67. The molecule has 0 saturated heterocycles. The summed E-state index contributed by atoms with van der Waals surface area (Å²) in [6, 6.07) is 6.68. The number of rotatable bonds is 5. The van der Waals surface area contributed by atoms with Gasteiger partial charge in [-0.1, -0.05) is 0 Å². The van der Waals surface area contributed by atoms with Gasteiger partial charge in [-0.15, -0.1) is 0 Å². The summed E-state index contributed by atoms with van der Waals surface area (Å²) in [5, 5.41) is 12.9. The van der Waals surface area contributed by atoms with Crippen molar-refractivity contribution in [3.05, 3.63) is 41.8 Å². The van der Waals surface area contributed by atoms with Crippen LogP contribution in [0.15, 0.2) is 30.5 Å². The Bertz CT molecular complexity index is 831. The van der Waals surface area contributed by atoms with Crippen LogP contribution in [0.4, 0.5) is 15.9 Å². The monoisotopic (exact) mass is 386 g/mol. The van der Waals surface area contributed by atoms with Crippen LogP contribution in [0.5, 0.6) is 0 Å². The van der Waals surface area contributed by atoms with Crippen molar-refractivity contribution in [2.24, 2.45) is 5.92 Å². The maximum absolute atomic E-state index is 15.0. The van der Waals surface area contributed by atoms with Gasteiger partial charge in [-0.25, -0.2) is 9.37 Å². The predicted octanol–water partition coefficient (Wildman–Crippen LogP) is 3.13. The second-order valence-electron chi connectivity index (χ2n) is 7.58. The lowest BCUT2D eigenvalue weighted by Gasteiger charge is -2.25. The molecule has 28 heavy (non-hydrogen) atoms. The molecule has 0 spiro atoms. The number of carbonyl (C=O) groups is 1. The van der Waals surface area contributed by atoms with Crippen LogP contribution in [0, 0.1) is 11.7 Å². The molecule has 1 aromatic carbocycles. The van der Waals surface area contributed by atoms with Crippen LogP contribution in [-0.4, -0.2) is 47.6 Å². The van der Waals surface area contributed by atoms with Gasteiger partial charge in [0, 0.05) is 43.7 Å². The Labute approximate surface area is 164 Å². The van der Waals surface area contributed by atoms with E-state index in [4.69, 9.17) is 5.73 Å². The predicted molar refractivity (Wildman–Crippen MR) is 109 cm³/mol. The van der Waals surface area contributed by atoms with Crippen molar-refractivity contribution >= 4 is 17.4 Å². The van der Waals surface area contributed by atoms with Crippen LogP contribution in [-0.2, 0) is 0 Å². The first-order valence-corrected chi connectivity index (χ1v) is 9.54. The molecule has 2 aromatic rings. The van der Waals surface area contributed by atoms with E-state index in [1.807, 2.05) is 0 Å². The van der Waals surface area contributed by atoms with Crippen molar-refractivity contribution < 1.29 is 14.3 Å². The largest absolute Gasteiger partial charge is 0.398 e. The maximum atomic E-state index is 15.0. The zero-order valence-electron chi connectivity index (χ0n) is 16.3. The lowest BCUT2D eigenvalue weighted by Crippen LogP contribution is -2.24. The highest BCUT2D eigenvalue weighted by atomic mass is 19.1. The van der Waals surface area contributed by atoms with Gasteiger partial charge in [0.2, 0.25) is 0 Å². The molecule has 0 unspecified atom stereocenters. The Balaban J connectivity index is 1.73. The molecule has 0 atom stereocenters. The number of nitrogens with two attached hydrogens (primary N) is 1. The fourth-order valence-electron chi connectivity index (χ4n) is 3.51. The zero-order valence-corrected chi connectivity index (χ0v) is 16.3. The number of aliphatic hydroxyl groups is 1. The molecule has 1 aromatic heterocycles. The molecule has 4 N–H and O–H groups in total. The van der Waals surface area contributed by atoms with Crippen LogP contribution in [0.1, 0.15) is 36.0 Å². The zero-order chi connectivity index (χ0) is 20.3. The molecule has 0 aliphatic heterocycles. The fraction of sp³-hybridized carbons (Fsp3) is 0.429. The summed E-state index contributed by atoms with van der Waals surface area (Å²) in [6.07, 6.45) is 5.14. The Morgan fingerprint density at radius 2 is 1.96 bits per heavy atom. The summed E-state index contributed by atoms with van der Waals surface area (Å²) >= 11 is 0. The average Bonchev–Trinajstić information content (AvgIpc) is 2.68. The van der Waals surface area contributed by atoms with Gasteiger partial charge in [-0.05, 0) is 55.9 Å². The number of anilines is 2. The lowest BCUT2D eigenvalue weighted by molar-refractivity contribution is 0.0824. The van der Waals surface area contributed by atoms with Crippen molar-refractivity contribution in [1.29, 1.82) is 0 Å². The van der Waals surface area contributed by atoms with Gasteiger partial charge in [0.15, 0.2) is 0 Å². The molecule has 1 amide bonds. The minimum absolute atomic E-state index is 0.115. The van der Waals surface area contributed by atoms with E-state index in [0.29, 0.717) is 17.0 Å². The van der Waals surface area contributed by atoms with Gasteiger partial charge in [0.05, 0.1) is 11.7 Å². The Kier molecular flexibility index (Phi) is 6.14. The maximum Gasteiger partial charge on any atom is 0.258 e. The highest BCUT2D eigenvalue weighted by Crippen LogP contribution is 2.29. The number of hydrogen-bond donors (Lipinski definition) is 3. The quantitative estimate of drug-likeness (QED) is 0.687. The van der Waals surface area contributed by atoms with Crippen LogP contribution in [0.25, 0.3) is 11.1 Å². The van der Waals surface area contributed by atoms with Gasteiger partial charge in [-0.2, -0.15) is 0 Å². The number of carbonyl (C=O) groups excluding carboxylic acids is 1. The number of amides is 1. The average molecular weight is 386 g/mol. The number of nitrogens with one attached hydrogen (secondary N) is 1. The molecule has 0 bridgehead atoms. The summed E-state index contributed by atoms with van der Waals surface area (Å²) < 4.78 is 15.0. The van der Waals surface area contributed by atoms with E-state index >= 15 is 0 Å². The van der Waals surface area contributed by atoms with Crippen molar-refractivity contribution in [3.63, 3.8) is 0 Å². The number of aromatic nitrogens is 1.